The van der Waals surface area contributed by atoms with Gasteiger partial charge >= 0.3 is 5.97 Å². The normalized spacial score (nSPS) is 9.75. The van der Waals surface area contributed by atoms with Gasteiger partial charge < -0.3 is 15.5 Å². The topological polar surface area (TPSA) is 89.3 Å². The number of ether oxygens (including phenoxy) is 1. The third-order valence-corrected chi connectivity index (χ3v) is 1.69. The number of hydrogen-bond donors (Lipinski definition) is 3. The Morgan fingerprint density at radius 2 is 2.12 bits per heavy atom. The lowest BCUT2D eigenvalue weighted by molar-refractivity contribution is -0.138. The van der Waals surface area contributed by atoms with Crippen LogP contribution in [0.2, 0.25) is 0 Å². The van der Waals surface area contributed by atoms with E-state index >= 15 is 0 Å². The van der Waals surface area contributed by atoms with Crippen molar-refractivity contribution in [3.8, 4) is 0 Å². The van der Waals surface area contributed by atoms with Gasteiger partial charge in [-0.3, -0.25) is 4.79 Å². The summed E-state index contributed by atoms with van der Waals surface area (Å²) < 4.78 is 30.4. The molecule has 6 nitrogen and oxygen atoms in total. The largest absolute Gasteiger partial charge is 0.468 e. The summed E-state index contributed by atoms with van der Waals surface area (Å²) in [5.41, 5.74) is 1.96. The fourth-order valence-corrected chi connectivity index (χ4v) is 0.920. The first-order valence-electron chi connectivity index (χ1n) is 4.21. The van der Waals surface area contributed by atoms with Crippen molar-refractivity contribution in [2.75, 3.05) is 24.4 Å². The molecule has 0 saturated heterocycles. The molecule has 0 amide bonds. The van der Waals surface area contributed by atoms with Gasteiger partial charge in [-0.05, 0) is 0 Å². The quantitative estimate of drug-likeness (QED) is 0.391. The van der Waals surface area contributed by atoms with Gasteiger partial charge in [0.1, 0.15) is 6.54 Å². The summed E-state index contributed by atoms with van der Waals surface area (Å²) >= 11 is 0. The Balaban J connectivity index is 2.83. The number of methoxy groups -OCH3 is 1. The average molecular weight is 232 g/mol. The lowest BCUT2D eigenvalue weighted by Crippen LogP contribution is -2.18. The van der Waals surface area contributed by atoms with Crippen LogP contribution in [-0.2, 0) is 9.53 Å². The van der Waals surface area contributed by atoms with E-state index in [1.165, 1.54) is 7.11 Å². The minimum atomic E-state index is -0.930. The molecule has 0 bridgehead atoms. The number of nitrogens with one attached hydrogen (secondary N) is 2. The van der Waals surface area contributed by atoms with Crippen LogP contribution in [0.4, 0.5) is 20.4 Å². The summed E-state index contributed by atoms with van der Waals surface area (Å²) in [5.74, 6) is 1.88. The van der Waals surface area contributed by atoms with Gasteiger partial charge in [0.05, 0.1) is 7.11 Å². The molecule has 0 aromatic carbocycles. The third kappa shape index (κ3) is 2.76. The number of anilines is 2. The zero-order valence-corrected chi connectivity index (χ0v) is 8.38. The van der Waals surface area contributed by atoms with Crippen LogP contribution < -0.4 is 16.6 Å². The molecule has 1 aromatic heterocycles. The molecule has 0 aliphatic heterocycles. The molecule has 0 radical (unpaired) electrons. The van der Waals surface area contributed by atoms with Crippen LogP contribution in [0.15, 0.2) is 6.07 Å². The number of hydrazine groups is 1. The fourth-order valence-electron chi connectivity index (χ4n) is 0.920. The highest BCUT2D eigenvalue weighted by Crippen LogP contribution is 2.17. The first-order chi connectivity index (χ1) is 7.58. The number of carbonyl (C=O) groups is 1. The molecule has 0 fully saturated rings. The molecule has 4 N–H and O–H groups in total. The molecule has 1 rings (SSSR count). The molecule has 0 unspecified atom stereocenters. The number of carbonyl (C=O) groups excluding carboxylic acids is 1. The Labute approximate surface area is 89.8 Å². The highest BCUT2D eigenvalue weighted by molar-refractivity contribution is 5.74. The Kier molecular flexibility index (Phi) is 3.95. The SMILES string of the molecule is COC(=O)CNc1nc(NN)c(F)cc1F. The number of hydrogen-bond acceptors (Lipinski definition) is 6. The van der Waals surface area contributed by atoms with Gasteiger partial charge in [0.2, 0.25) is 0 Å². The van der Waals surface area contributed by atoms with Crippen LogP contribution in [-0.4, -0.2) is 24.6 Å². The highest BCUT2D eigenvalue weighted by atomic mass is 19.1. The molecule has 0 aliphatic carbocycles. The monoisotopic (exact) mass is 232 g/mol. The summed E-state index contributed by atoms with van der Waals surface area (Å²) in [6.07, 6.45) is 0. The van der Waals surface area contributed by atoms with Crippen molar-refractivity contribution in [1.82, 2.24) is 4.98 Å². The minimum Gasteiger partial charge on any atom is -0.468 e. The smallest absolute Gasteiger partial charge is 0.325 e. The average Bonchev–Trinajstić information content (AvgIpc) is 2.27. The molecule has 1 aromatic rings. The lowest BCUT2D eigenvalue weighted by atomic mass is 10.4. The van der Waals surface area contributed by atoms with Gasteiger partial charge in [-0.2, -0.15) is 0 Å². The first kappa shape index (κ1) is 12.1. The van der Waals surface area contributed by atoms with Crippen molar-refractivity contribution in [3.63, 3.8) is 0 Å². The number of aromatic nitrogens is 1. The minimum absolute atomic E-state index is 0.282. The standard InChI is InChI=1S/C8H10F2N4O2/c1-16-6(15)3-12-7-4(9)2-5(10)8(13-7)14-11/h2H,3,11H2,1H3,(H2,12,13,14). The lowest BCUT2D eigenvalue weighted by Gasteiger charge is -2.08. The van der Waals surface area contributed by atoms with Crippen molar-refractivity contribution in [2.45, 2.75) is 0 Å². The van der Waals surface area contributed by atoms with E-state index in [0.29, 0.717) is 6.07 Å². The zero-order valence-electron chi connectivity index (χ0n) is 8.38. The molecule has 16 heavy (non-hydrogen) atoms. The van der Waals surface area contributed by atoms with Gasteiger partial charge in [0.15, 0.2) is 23.3 Å². The van der Waals surface area contributed by atoms with E-state index < -0.39 is 17.6 Å². The number of nitrogen functional groups attached to an aromatic ring is 1. The summed E-state index contributed by atoms with van der Waals surface area (Å²) in [5, 5.41) is 2.34. The van der Waals surface area contributed by atoms with Crippen LogP contribution in [0, 0.1) is 11.6 Å². The van der Waals surface area contributed by atoms with E-state index in [9.17, 15) is 13.6 Å². The van der Waals surface area contributed by atoms with E-state index in [2.05, 4.69) is 15.0 Å². The van der Waals surface area contributed by atoms with E-state index in [1.807, 2.05) is 5.43 Å². The summed E-state index contributed by atoms with van der Waals surface area (Å²) in [6.45, 7) is -0.282. The Morgan fingerprint density at radius 3 is 2.69 bits per heavy atom. The third-order valence-electron chi connectivity index (χ3n) is 1.69. The zero-order chi connectivity index (χ0) is 12.1. The van der Waals surface area contributed by atoms with Crippen LogP contribution in [0.3, 0.4) is 0 Å². The van der Waals surface area contributed by atoms with Crippen LogP contribution in [0.1, 0.15) is 0 Å². The molecule has 88 valence electrons. The van der Waals surface area contributed by atoms with E-state index in [0.717, 1.165) is 0 Å². The number of esters is 1. The van der Waals surface area contributed by atoms with Crippen LogP contribution in [0.5, 0.6) is 0 Å². The van der Waals surface area contributed by atoms with Crippen LogP contribution in [0.25, 0.3) is 0 Å². The Bertz CT molecular complexity index is 400. The highest BCUT2D eigenvalue weighted by Gasteiger charge is 2.11. The van der Waals surface area contributed by atoms with Crippen molar-refractivity contribution in [3.05, 3.63) is 17.7 Å². The first-order valence-corrected chi connectivity index (χ1v) is 4.21. The summed E-state index contributed by atoms with van der Waals surface area (Å²) in [7, 11) is 1.19. The summed E-state index contributed by atoms with van der Waals surface area (Å²) in [6, 6.07) is 0.599. The maximum atomic E-state index is 13.1. The molecule has 0 spiro atoms. The van der Waals surface area contributed by atoms with E-state index in [1.54, 1.807) is 0 Å². The summed E-state index contributed by atoms with van der Waals surface area (Å²) in [4.78, 5) is 14.3. The molecule has 1 heterocycles. The van der Waals surface area contributed by atoms with Crippen LogP contribution >= 0.6 is 0 Å². The van der Waals surface area contributed by atoms with Crippen molar-refractivity contribution < 1.29 is 18.3 Å². The number of rotatable bonds is 4. The molecule has 0 aliphatic rings. The van der Waals surface area contributed by atoms with Gasteiger partial charge in [0, 0.05) is 6.07 Å². The van der Waals surface area contributed by atoms with Gasteiger partial charge in [-0.1, -0.05) is 0 Å². The number of nitrogens with two attached hydrogens (primary N) is 1. The second-order valence-corrected chi connectivity index (χ2v) is 2.72. The van der Waals surface area contributed by atoms with Crippen molar-refractivity contribution in [1.29, 1.82) is 0 Å². The number of halogens is 2. The molecule has 0 saturated carbocycles. The molecule has 8 heteroatoms. The van der Waals surface area contributed by atoms with E-state index in [4.69, 9.17) is 5.84 Å². The number of pyridine rings is 1. The predicted molar refractivity (Wildman–Crippen MR) is 52.5 cm³/mol. The molecule has 0 atom stereocenters. The Morgan fingerprint density at radius 1 is 1.50 bits per heavy atom. The van der Waals surface area contributed by atoms with Gasteiger partial charge in [-0.25, -0.2) is 19.6 Å². The predicted octanol–water partition coefficient (Wildman–Crippen LogP) is 0.230. The Hall–Kier alpha value is -1.96. The maximum absolute atomic E-state index is 13.1. The second kappa shape index (κ2) is 5.21. The van der Waals surface area contributed by atoms with Gasteiger partial charge in [0.25, 0.3) is 0 Å². The van der Waals surface area contributed by atoms with Crippen molar-refractivity contribution in [2.24, 2.45) is 5.84 Å². The van der Waals surface area contributed by atoms with Crippen molar-refractivity contribution >= 4 is 17.6 Å². The maximum Gasteiger partial charge on any atom is 0.325 e. The van der Waals surface area contributed by atoms with Gasteiger partial charge in [-0.15, -0.1) is 0 Å². The molecular formula is C8H10F2N4O2. The fraction of sp³-hybridized carbons (Fsp3) is 0.250. The van der Waals surface area contributed by atoms with E-state index in [-0.39, 0.29) is 18.2 Å². The second-order valence-electron chi connectivity index (χ2n) is 2.72. The number of nitrogens with zero attached hydrogens (tertiary/aromatic N) is 1. The molecular weight excluding hydrogens is 222 g/mol.